The van der Waals surface area contributed by atoms with Crippen molar-refractivity contribution in [1.29, 1.82) is 0 Å². The van der Waals surface area contributed by atoms with Crippen LogP contribution in [0.1, 0.15) is 28.8 Å². The van der Waals surface area contributed by atoms with Gasteiger partial charge in [-0.25, -0.2) is 4.79 Å². The first-order valence-electron chi connectivity index (χ1n) is 6.28. The number of nitrogens with one attached hydrogen (secondary N) is 2. The maximum absolute atomic E-state index is 12.7. The maximum Gasteiger partial charge on any atom is 0.416 e. The molecule has 1 aromatic carbocycles. The normalized spacial score (nSPS) is 18.5. The van der Waals surface area contributed by atoms with Gasteiger partial charge in [-0.1, -0.05) is 0 Å². The average molecular weight is 302 g/mol. The van der Waals surface area contributed by atoms with E-state index in [1.807, 2.05) is 0 Å². The van der Waals surface area contributed by atoms with Crippen molar-refractivity contribution < 1.29 is 27.9 Å². The number of hydrogen-bond donors (Lipinski definition) is 3. The van der Waals surface area contributed by atoms with Gasteiger partial charge < -0.3 is 15.7 Å². The summed E-state index contributed by atoms with van der Waals surface area (Å²) in [7, 11) is 0. The lowest BCUT2D eigenvalue weighted by Gasteiger charge is -2.15. The van der Waals surface area contributed by atoms with Crippen molar-refractivity contribution in [2.75, 3.05) is 11.9 Å². The minimum absolute atomic E-state index is 0.351. The van der Waals surface area contributed by atoms with Crippen molar-refractivity contribution in [3.8, 4) is 0 Å². The van der Waals surface area contributed by atoms with Crippen LogP contribution in [0.25, 0.3) is 0 Å². The molecular formula is C13H13F3N2O3. The van der Waals surface area contributed by atoms with E-state index in [9.17, 15) is 22.8 Å². The summed E-state index contributed by atoms with van der Waals surface area (Å²) in [4.78, 5) is 22.9. The molecular weight excluding hydrogens is 289 g/mol. The lowest BCUT2D eigenvalue weighted by Crippen LogP contribution is -2.36. The highest BCUT2D eigenvalue weighted by atomic mass is 19.4. The monoisotopic (exact) mass is 302 g/mol. The van der Waals surface area contributed by atoms with Crippen molar-refractivity contribution in [2.45, 2.75) is 25.1 Å². The van der Waals surface area contributed by atoms with Gasteiger partial charge >= 0.3 is 12.1 Å². The van der Waals surface area contributed by atoms with E-state index in [1.54, 1.807) is 0 Å². The molecule has 1 heterocycles. The van der Waals surface area contributed by atoms with Gasteiger partial charge in [-0.2, -0.15) is 13.2 Å². The number of benzene rings is 1. The smallest absolute Gasteiger partial charge is 0.416 e. The van der Waals surface area contributed by atoms with Crippen molar-refractivity contribution in [3.05, 3.63) is 29.3 Å². The lowest BCUT2D eigenvalue weighted by molar-refractivity contribution is -0.137. The molecule has 1 fully saturated rings. The van der Waals surface area contributed by atoms with Crippen molar-refractivity contribution in [1.82, 2.24) is 5.32 Å². The molecule has 0 bridgehead atoms. The molecule has 1 aliphatic rings. The fraction of sp³-hybridized carbons (Fsp3) is 0.385. The predicted molar refractivity (Wildman–Crippen MR) is 68.1 cm³/mol. The van der Waals surface area contributed by atoms with Crippen LogP contribution in [0.15, 0.2) is 18.2 Å². The van der Waals surface area contributed by atoms with Gasteiger partial charge in [0.15, 0.2) is 0 Å². The number of aromatic carboxylic acids is 1. The fourth-order valence-corrected chi connectivity index (χ4v) is 2.14. The molecule has 5 nitrogen and oxygen atoms in total. The van der Waals surface area contributed by atoms with Gasteiger partial charge in [0.2, 0.25) is 5.91 Å². The largest absolute Gasteiger partial charge is 0.478 e. The molecule has 3 N–H and O–H groups in total. The molecule has 0 aliphatic carbocycles. The van der Waals surface area contributed by atoms with Gasteiger partial charge in [0.1, 0.15) is 0 Å². The number of carboxylic acids is 1. The number of hydrogen-bond acceptors (Lipinski definition) is 3. The van der Waals surface area contributed by atoms with Gasteiger partial charge in [0.25, 0.3) is 0 Å². The summed E-state index contributed by atoms with van der Waals surface area (Å²) in [5.74, 6) is -1.94. The summed E-state index contributed by atoms with van der Waals surface area (Å²) in [5, 5.41) is 14.1. The van der Waals surface area contributed by atoms with Crippen LogP contribution in [-0.2, 0) is 11.0 Å². The van der Waals surface area contributed by atoms with Gasteiger partial charge in [0, 0.05) is 0 Å². The van der Waals surface area contributed by atoms with Crippen LogP contribution >= 0.6 is 0 Å². The molecule has 1 unspecified atom stereocenters. The Kier molecular flexibility index (Phi) is 4.17. The molecule has 1 saturated heterocycles. The predicted octanol–water partition coefficient (Wildman–Crippen LogP) is 2.09. The van der Waals surface area contributed by atoms with Crippen LogP contribution < -0.4 is 10.6 Å². The molecule has 0 radical (unpaired) electrons. The Morgan fingerprint density at radius 2 is 2.05 bits per heavy atom. The van der Waals surface area contributed by atoms with Crippen LogP contribution in [0, 0.1) is 0 Å². The molecule has 0 saturated carbocycles. The Labute approximate surface area is 118 Å². The second kappa shape index (κ2) is 5.72. The third-order valence-corrected chi connectivity index (χ3v) is 3.21. The zero-order chi connectivity index (χ0) is 15.6. The number of amides is 1. The SMILES string of the molecule is O=C(O)c1ccc(C(F)(F)F)cc1NC(=O)C1CCCN1. The molecule has 1 atom stereocenters. The summed E-state index contributed by atoms with van der Waals surface area (Å²) >= 11 is 0. The zero-order valence-corrected chi connectivity index (χ0v) is 10.8. The number of carboxylic acid groups (broad SMARTS) is 1. The highest BCUT2D eigenvalue weighted by molar-refractivity contribution is 6.02. The summed E-state index contributed by atoms with van der Waals surface area (Å²) < 4.78 is 38.0. The first-order chi connectivity index (χ1) is 9.79. The van der Waals surface area contributed by atoms with E-state index in [0.717, 1.165) is 12.5 Å². The quantitative estimate of drug-likeness (QED) is 0.799. The number of anilines is 1. The Balaban J connectivity index is 2.30. The van der Waals surface area contributed by atoms with Gasteiger partial charge in [-0.05, 0) is 37.6 Å². The van der Waals surface area contributed by atoms with Crippen molar-refractivity contribution in [3.63, 3.8) is 0 Å². The maximum atomic E-state index is 12.7. The molecule has 8 heteroatoms. The first kappa shape index (κ1) is 15.3. The third-order valence-electron chi connectivity index (χ3n) is 3.21. The first-order valence-corrected chi connectivity index (χ1v) is 6.28. The molecule has 2 rings (SSSR count). The van der Waals surface area contributed by atoms with E-state index in [4.69, 9.17) is 5.11 Å². The molecule has 1 amide bonds. The number of carbonyl (C=O) groups excluding carboxylic acids is 1. The number of alkyl halides is 3. The number of carbonyl (C=O) groups is 2. The summed E-state index contributed by atoms with van der Waals surface area (Å²) in [6, 6.07) is 1.63. The van der Waals surface area contributed by atoms with Crippen LogP contribution in [-0.4, -0.2) is 29.6 Å². The zero-order valence-electron chi connectivity index (χ0n) is 10.8. The second-order valence-electron chi connectivity index (χ2n) is 4.70. The van der Waals surface area contributed by atoms with Crippen LogP contribution in [0.4, 0.5) is 18.9 Å². The van der Waals surface area contributed by atoms with E-state index in [1.165, 1.54) is 0 Å². The summed E-state index contributed by atoms with van der Waals surface area (Å²) in [6.45, 7) is 0.645. The lowest BCUT2D eigenvalue weighted by atomic mass is 10.1. The Morgan fingerprint density at radius 3 is 2.57 bits per heavy atom. The van der Waals surface area contributed by atoms with E-state index >= 15 is 0 Å². The van der Waals surface area contributed by atoms with E-state index in [-0.39, 0.29) is 11.3 Å². The highest BCUT2D eigenvalue weighted by Crippen LogP contribution is 2.32. The second-order valence-corrected chi connectivity index (χ2v) is 4.70. The minimum atomic E-state index is -4.61. The third kappa shape index (κ3) is 3.52. The Morgan fingerprint density at radius 1 is 1.33 bits per heavy atom. The molecule has 21 heavy (non-hydrogen) atoms. The number of halogens is 3. The minimum Gasteiger partial charge on any atom is -0.478 e. The van der Waals surface area contributed by atoms with Crippen molar-refractivity contribution >= 4 is 17.6 Å². The Bertz CT molecular complexity index is 566. The average Bonchev–Trinajstić information content (AvgIpc) is 2.91. The van der Waals surface area contributed by atoms with E-state index in [2.05, 4.69) is 10.6 Å². The molecule has 0 aromatic heterocycles. The molecule has 114 valence electrons. The van der Waals surface area contributed by atoms with Crippen molar-refractivity contribution in [2.24, 2.45) is 0 Å². The fourth-order valence-electron chi connectivity index (χ4n) is 2.14. The summed E-state index contributed by atoms with van der Waals surface area (Å²) in [5.41, 5.74) is -1.74. The highest BCUT2D eigenvalue weighted by Gasteiger charge is 2.32. The van der Waals surface area contributed by atoms with Gasteiger partial charge in [-0.15, -0.1) is 0 Å². The van der Waals surface area contributed by atoms with E-state index in [0.29, 0.717) is 25.1 Å². The summed E-state index contributed by atoms with van der Waals surface area (Å²) in [6.07, 6.45) is -3.26. The molecule has 1 aromatic rings. The standard InChI is InChI=1S/C13H13F3N2O3/c14-13(15,16)7-3-4-8(12(20)21)10(6-7)18-11(19)9-2-1-5-17-9/h3-4,6,9,17H,1-2,5H2,(H,18,19)(H,20,21). The molecule has 0 spiro atoms. The van der Waals surface area contributed by atoms with Crippen LogP contribution in [0.2, 0.25) is 0 Å². The van der Waals surface area contributed by atoms with Crippen LogP contribution in [0.3, 0.4) is 0 Å². The van der Waals surface area contributed by atoms with Gasteiger partial charge in [0.05, 0.1) is 22.9 Å². The molecule has 1 aliphatic heterocycles. The Hall–Kier alpha value is -2.09. The number of rotatable bonds is 3. The van der Waals surface area contributed by atoms with Crippen LogP contribution in [0.5, 0.6) is 0 Å². The topological polar surface area (TPSA) is 78.4 Å². The van der Waals surface area contributed by atoms with E-state index < -0.39 is 29.7 Å². The van der Waals surface area contributed by atoms with Gasteiger partial charge in [-0.3, -0.25) is 4.79 Å².